The zero-order valence-corrected chi connectivity index (χ0v) is 7.17. The van der Waals surface area contributed by atoms with Crippen LogP contribution in [0, 0.1) is 12.7 Å². The summed E-state index contributed by atoms with van der Waals surface area (Å²) >= 11 is 0. The summed E-state index contributed by atoms with van der Waals surface area (Å²) in [5, 5.41) is 10.6. The van der Waals surface area contributed by atoms with Crippen LogP contribution in [0.3, 0.4) is 0 Å². The van der Waals surface area contributed by atoms with Crippen molar-refractivity contribution < 1.29 is 14.3 Å². The molecule has 13 heavy (non-hydrogen) atoms. The molecule has 0 saturated heterocycles. The number of hydrogen-bond donors (Lipinski definition) is 2. The van der Waals surface area contributed by atoms with Crippen molar-refractivity contribution in [2.45, 2.75) is 6.92 Å². The van der Waals surface area contributed by atoms with Gasteiger partial charge in [-0.15, -0.1) is 0 Å². The predicted molar refractivity (Wildman–Crippen MR) is 46.9 cm³/mol. The Labute approximate surface area is 75.2 Å². The van der Waals surface area contributed by atoms with Crippen molar-refractivity contribution in [3.8, 4) is 0 Å². The molecule has 0 saturated carbocycles. The van der Waals surface area contributed by atoms with Gasteiger partial charge in [-0.1, -0.05) is 6.07 Å². The normalized spacial score (nSPS) is 9.77. The molecule has 1 amide bonds. The molecular formula is C9H10FNO2. The number of halogens is 1. The Balaban J connectivity index is 2.83. The van der Waals surface area contributed by atoms with Gasteiger partial charge in [0.25, 0.3) is 0 Å². The topological polar surface area (TPSA) is 49.3 Å². The van der Waals surface area contributed by atoms with Gasteiger partial charge in [0.15, 0.2) is 0 Å². The Hall–Kier alpha value is -1.42. The van der Waals surface area contributed by atoms with E-state index in [0.717, 1.165) is 5.56 Å². The molecule has 1 rings (SSSR count). The van der Waals surface area contributed by atoms with E-state index in [-0.39, 0.29) is 5.69 Å². The number of aryl methyl sites for hydroxylation is 1. The molecule has 2 N–H and O–H groups in total. The fourth-order valence-corrected chi connectivity index (χ4v) is 0.911. The van der Waals surface area contributed by atoms with Gasteiger partial charge >= 0.3 is 0 Å². The molecule has 0 aromatic heterocycles. The van der Waals surface area contributed by atoms with Crippen LogP contribution in [-0.4, -0.2) is 17.6 Å². The number of amides is 1. The molecule has 3 nitrogen and oxygen atoms in total. The Morgan fingerprint density at radius 1 is 1.62 bits per heavy atom. The van der Waals surface area contributed by atoms with Crippen molar-refractivity contribution in [2.75, 3.05) is 11.9 Å². The second kappa shape index (κ2) is 4.00. The number of anilines is 1. The van der Waals surface area contributed by atoms with E-state index in [1.807, 2.05) is 0 Å². The van der Waals surface area contributed by atoms with Gasteiger partial charge in [0.2, 0.25) is 5.91 Å². The summed E-state index contributed by atoms with van der Waals surface area (Å²) in [7, 11) is 0. The molecule has 4 heteroatoms. The molecule has 0 spiro atoms. The highest BCUT2D eigenvalue weighted by Gasteiger charge is 2.04. The average Bonchev–Trinajstić information content (AvgIpc) is 2.09. The number of rotatable bonds is 2. The zero-order chi connectivity index (χ0) is 9.84. The van der Waals surface area contributed by atoms with Crippen LogP contribution in [0.5, 0.6) is 0 Å². The number of aliphatic hydroxyl groups excluding tert-OH is 1. The Morgan fingerprint density at radius 2 is 2.31 bits per heavy atom. The number of carbonyl (C=O) groups is 1. The van der Waals surface area contributed by atoms with Crippen molar-refractivity contribution in [3.05, 3.63) is 29.6 Å². The number of nitrogens with one attached hydrogen (secondary N) is 1. The zero-order valence-electron chi connectivity index (χ0n) is 7.17. The summed E-state index contributed by atoms with van der Waals surface area (Å²) in [6, 6.07) is 4.45. The lowest BCUT2D eigenvalue weighted by Crippen LogP contribution is -2.16. The van der Waals surface area contributed by atoms with E-state index >= 15 is 0 Å². The number of benzene rings is 1. The maximum absolute atomic E-state index is 13.1. The molecule has 0 radical (unpaired) electrons. The molecule has 1 aromatic rings. The summed E-state index contributed by atoms with van der Waals surface area (Å²) in [6.45, 7) is 1.11. The van der Waals surface area contributed by atoms with Crippen LogP contribution in [0.25, 0.3) is 0 Å². The molecule has 70 valence electrons. The molecule has 0 unspecified atom stereocenters. The monoisotopic (exact) mass is 183 g/mol. The maximum atomic E-state index is 13.1. The average molecular weight is 183 g/mol. The smallest absolute Gasteiger partial charge is 0.250 e. The fraction of sp³-hybridized carbons (Fsp3) is 0.222. The van der Waals surface area contributed by atoms with Crippen LogP contribution < -0.4 is 5.32 Å². The van der Waals surface area contributed by atoms with Crippen molar-refractivity contribution >= 4 is 11.6 Å². The summed E-state index contributed by atoms with van der Waals surface area (Å²) in [5.41, 5.74) is 0.865. The van der Waals surface area contributed by atoms with Crippen molar-refractivity contribution in [1.82, 2.24) is 0 Å². The quantitative estimate of drug-likeness (QED) is 0.720. The van der Waals surface area contributed by atoms with E-state index in [9.17, 15) is 9.18 Å². The number of aliphatic hydroxyl groups is 1. The van der Waals surface area contributed by atoms with Crippen molar-refractivity contribution in [2.24, 2.45) is 0 Å². The van der Waals surface area contributed by atoms with Crippen molar-refractivity contribution in [3.63, 3.8) is 0 Å². The molecular weight excluding hydrogens is 173 g/mol. The largest absolute Gasteiger partial charge is 0.387 e. The van der Waals surface area contributed by atoms with Gasteiger partial charge < -0.3 is 10.4 Å². The molecule has 0 aliphatic heterocycles. The molecule has 0 bridgehead atoms. The third kappa shape index (κ3) is 2.52. The highest BCUT2D eigenvalue weighted by Crippen LogP contribution is 2.14. The predicted octanol–water partition coefficient (Wildman–Crippen LogP) is 1.06. The number of carbonyl (C=O) groups excluding carboxylic acids is 1. The Bertz CT molecular complexity index is 325. The van der Waals surface area contributed by atoms with Gasteiger partial charge in [-0.05, 0) is 24.6 Å². The van der Waals surface area contributed by atoms with Gasteiger partial charge in [0, 0.05) is 0 Å². The molecule has 0 fully saturated rings. The van der Waals surface area contributed by atoms with E-state index in [1.54, 1.807) is 13.0 Å². The van der Waals surface area contributed by atoms with Crippen LogP contribution in [0.4, 0.5) is 10.1 Å². The van der Waals surface area contributed by atoms with E-state index in [2.05, 4.69) is 5.32 Å². The lowest BCUT2D eigenvalue weighted by atomic mass is 10.2. The minimum Gasteiger partial charge on any atom is -0.387 e. The van der Waals surface area contributed by atoms with E-state index < -0.39 is 18.3 Å². The van der Waals surface area contributed by atoms with Crippen LogP contribution >= 0.6 is 0 Å². The minimum absolute atomic E-state index is 0.0876. The Kier molecular flexibility index (Phi) is 2.97. The van der Waals surface area contributed by atoms with Gasteiger partial charge in [-0.2, -0.15) is 0 Å². The van der Waals surface area contributed by atoms with Gasteiger partial charge in [-0.25, -0.2) is 4.39 Å². The second-order valence-corrected chi connectivity index (χ2v) is 2.69. The standard InChI is InChI=1S/C9H10FNO2/c1-6-2-3-8(7(10)4-6)11-9(13)5-12/h2-4,12H,5H2,1H3,(H,11,13). The third-order valence-electron chi connectivity index (χ3n) is 1.54. The first-order valence-corrected chi connectivity index (χ1v) is 3.80. The summed E-state index contributed by atoms with van der Waals surface area (Å²) in [4.78, 5) is 10.7. The summed E-state index contributed by atoms with van der Waals surface area (Å²) < 4.78 is 13.1. The molecule has 0 atom stereocenters. The third-order valence-corrected chi connectivity index (χ3v) is 1.54. The summed E-state index contributed by atoms with van der Waals surface area (Å²) in [6.07, 6.45) is 0. The maximum Gasteiger partial charge on any atom is 0.250 e. The highest BCUT2D eigenvalue weighted by atomic mass is 19.1. The summed E-state index contributed by atoms with van der Waals surface area (Å²) in [5.74, 6) is -1.12. The highest BCUT2D eigenvalue weighted by molar-refractivity contribution is 5.91. The molecule has 0 aliphatic rings. The molecule has 1 aromatic carbocycles. The van der Waals surface area contributed by atoms with E-state index in [1.165, 1.54) is 12.1 Å². The number of hydrogen-bond acceptors (Lipinski definition) is 2. The van der Waals surface area contributed by atoms with Gasteiger partial charge in [0.1, 0.15) is 12.4 Å². The fourth-order valence-electron chi connectivity index (χ4n) is 0.911. The second-order valence-electron chi connectivity index (χ2n) is 2.69. The van der Waals surface area contributed by atoms with Crippen LogP contribution in [-0.2, 0) is 4.79 Å². The lowest BCUT2D eigenvalue weighted by Gasteiger charge is -2.04. The van der Waals surface area contributed by atoms with Crippen LogP contribution in [0.15, 0.2) is 18.2 Å². The van der Waals surface area contributed by atoms with E-state index in [0.29, 0.717) is 0 Å². The minimum atomic E-state index is -0.646. The van der Waals surface area contributed by atoms with E-state index in [4.69, 9.17) is 5.11 Å². The van der Waals surface area contributed by atoms with Crippen LogP contribution in [0.1, 0.15) is 5.56 Å². The first-order chi connectivity index (χ1) is 6.13. The van der Waals surface area contributed by atoms with Crippen molar-refractivity contribution in [1.29, 1.82) is 0 Å². The molecule has 0 aliphatic carbocycles. The first kappa shape index (κ1) is 9.67. The van der Waals surface area contributed by atoms with Crippen LogP contribution in [0.2, 0.25) is 0 Å². The lowest BCUT2D eigenvalue weighted by molar-refractivity contribution is -0.118. The SMILES string of the molecule is Cc1ccc(NC(=O)CO)c(F)c1. The Morgan fingerprint density at radius 3 is 2.85 bits per heavy atom. The van der Waals surface area contributed by atoms with Gasteiger partial charge in [0.05, 0.1) is 5.69 Å². The molecule has 0 heterocycles. The first-order valence-electron chi connectivity index (χ1n) is 3.80. The van der Waals surface area contributed by atoms with Gasteiger partial charge in [-0.3, -0.25) is 4.79 Å².